The van der Waals surface area contributed by atoms with Crippen LogP contribution in [0.25, 0.3) is 0 Å². The van der Waals surface area contributed by atoms with Crippen LogP contribution in [-0.2, 0) is 0 Å². The second kappa shape index (κ2) is 5.81. The van der Waals surface area contributed by atoms with Crippen LogP contribution in [-0.4, -0.2) is 12.5 Å². The highest BCUT2D eigenvalue weighted by Crippen LogP contribution is 2.34. The molecule has 0 aliphatic carbocycles. The van der Waals surface area contributed by atoms with Crippen molar-refractivity contribution in [3.8, 4) is 0 Å². The third-order valence-corrected chi connectivity index (χ3v) is 5.47. The zero-order valence-corrected chi connectivity index (χ0v) is 14.7. The first kappa shape index (κ1) is 14.6. The molecule has 0 bridgehead atoms. The Bertz CT molecular complexity index is 712. The number of hydrogen-bond donors (Lipinski definition) is 1. The Morgan fingerprint density at radius 1 is 1.14 bits per heavy atom. The summed E-state index contributed by atoms with van der Waals surface area (Å²) in [5.41, 5.74) is 9.59. The van der Waals surface area contributed by atoms with Crippen molar-refractivity contribution in [2.24, 2.45) is 10.7 Å². The van der Waals surface area contributed by atoms with Crippen LogP contribution in [0.5, 0.6) is 0 Å². The Morgan fingerprint density at radius 3 is 2.67 bits per heavy atom. The van der Waals surface area contributed by atoms with Crippen LogP contribution in [0.1, 0.15) is 17.2 Å². The molecule has 2 aromatic rings. The second-order valence-corrected chi connectivity index (χ2v) is 6.81. The van der Waals surface area contributed by atoms with Crippen molar-refractivity contribution < 1.29 is 0 Å². The lowest BCUT2D eigenvalue weighted by Gasteiger charge is -2.27. The molecule has 108 valence electrons. The van der Waals surface area contributed by atoms with E-state index in [0.717, 1.165) is 14.6 Å². The smallest absolute Gasteiger partial charge is 0.196 e. The molecule has 0 saturated carbocycles. The van der Waals surface area contributed by atoms with Gasteiger partial charge in [-0.05, 0) is 74.2 Å². The Hall–Kier alpha value is -1.33. The van der Waals surface area contributed by atoms with Gasteiger partial charge in [0.2, 0.25) is 0 Å². The van der Waals surface area contributed by atoms with Crippen LogP contribution in [0.3, 0.4) is 0 Å². The molecular weight excluding hydrogens is 394 g/mol. The van der Waals surface area contributed by atoms with E-state index in [1.807, 2.05) is 12.1 Å². The summed E-state index contributed by atoms with van der Waals surface area (Å²) < 4.78 is 2.08. The molecule has 21 heavy (non-hydrogen) atoms. The van der Waals surface area contributed by atoms with Gasteiger partial charge in [-0.15, -0.1) is 0 Å². The van der Waals surface area contributed by atoms with Crippen molar-refractivity contribution >= 4 is 43.5 Å². The summed E-state index contributed by atoms with van der Waals surface area (Å²) in [4.78, 5) is 6.53. The zero-order chi connectivity index (χ0) is 15.0. The van der Waals surface area contributed by atoms with Crippen LogP contribution in [0.2, 0.25) is 0 Å². The minimum Gasteiger partial charge on any atom is -0.369 e. The lowest BCUT2D eigenvalue weighted by Crippen LogP contribution is -2.36. The summed E-state index contributed by atoms with van der Waals surface area (Å²) >= 11 is 7.07. The van der Waals surface area contributed by atoms with Crippen LogP contribution in [0, 0.1) is 6.92 Å². The fraction of sp³-hybridized carbons (Fsp3) is 0.188. The third-order valence-electron chi connectivity index (χ3n) is 3.59. The molecule has 0 aromatic heterocycles. The number of nitrogens with two attached hydrogens (primary N) is 1. The number of benzene rings is 2. The van der Waals surface area contributed by atoms with Crippen LogP contribution in [0.4, 0.5) is 5.69 Å². The lowest BCUT2D eigenvalue weighted by atomic mass is 10.1. The fourth-order valence-corrected chi connectivity index (χ4v) is 3.20. The van der Waals surface area contributed by atoms with E-state index >= 15 is 0 Å². The van der Waals surface area contributed by atoms with Gasteiger partial charge in [0.05, 0.1) is 12.6 Å². The van der Waals surface area contributed by atoms with E-state index in [-0.39, 0.29) is 6.04 Å². The summed E-state index contributed by atoms with van der Waals surface area (Å²) in [5, 5.41) is 0. The van der Waals surface area contributed by atoms with Gasteiger partial charge in [-0.3, -0.25) is 4.99 Å². The molecule has 0 spiro atoms. The van der Waals surface area contributed by atoms with Gasteiger partial charge in [0.25, 0.3) is 0 Å². The minimum atomic E-state index is 0.135. The molecule has 0 saturated heterocycles. The van der Waals surface area contributed by atoms with Crippen molar-refractivity contribution in [1.29, 1.82) is 0 Å². The maximum Gasteiger partial charge on any atom is 0.196 e. The van der Waals surface area contributed by atoms with Crippen molar-refractivity contribution in [3.63, 3.8) is 0 Å². The SMILES string of the molecule is Cc1cccc(N2C(N)=NCC2c2ccc(Br)c(Br)c2)c1. The number of rotatable bonds is 2. The Balaban J connectivity index is 2.00. The van der Waals surface area contributed by atoms with E-state index in [1.54, 1.807) is 0 Å². The monoisotopic (exact) mass is 407 g/mol. The first-order chi connectivity index (χ1) is 10.1. The zero-order valence-electron chi connectivity index (χ0n) is 11.6. The summed E-state index contributed by atoms with van der Waals surface area (Å²) in [6.07, 6.45) is 0. The highest BCUT2D eigenvalue weighted by Gasteiger charge is 2.29. The standard InChI is InChI=1S/C16H15Br2N3/c1-10-3-2-4-12(7-10)21-15(9-20-16(21)19)11-5-6-13(17)14(18)8-11/h2-8,15H,9H2,1H3,(H2,19,20). The van der Waals surface area contributed by atoms with Gasteiger partial charge in [0.15, 0.2) is 5.96 Å². The van der Waals surface area contributed by atoms with Gasteiger partial charge >= 0.3 is 0 Å². The van der Waals surface area contributed by atoms with E-state index in [4.69, 9.17) is 5.73 Å². The molecule has 1 atom stereocenters. The largest absolute Gasteiger partial charge is 0.369 e. The molecular formula is C16H15Br2N3. The molecule has 1 heterocycles. The van der Waals surface area contributed by atoms with Crippen LogP contribution in [0.15, 0.2) is 56.4 Å². The number of halogens is 2. The molecule has 3 nitrogen and oxygen atoms in total. The average molecular weight is 409 g/mol. The van der Waals surface area contributed by atoms with E-state index in [1.165, 1.54) is 11.1 Å². The first-order valence-electron chi connectivity index (χ1n) is 6.67. The number of guanidine groups is 1. The molecule has 0 radical (unpaired) electrons. The van der Waals surface area contributed by atoms with Gasteiger partial charge in [-0.2, -0.15) is 0 Å². The lowest BCUT2D eigenvalue weighted by molar-refractivity contribution is 0.767. The van der Waals surface area contributed by atoms with Crippen molar-refractivity contribution in [3.05, 3.63) is 62.5 Å². The molecule has 0 fully saturated rings. The van der Waals surface area contributed by atoms with E-state index in [9.17, 15) is 0 Å². The van der Waals surface area contributed by atoms with E-state index in [0.29, 0.717) is 12.5 Å². The number of hydrogen-bond acceptors (Lipinski definition) is 3. The maximum atomic E-state index is 6.11. The quantitative estimate of drug-likeness (QED) is 0.800. The van der Waals surface area contributed by atoms with Gasteiger partial charge in [-0.25, -0.2) is 0 Å². The molecule has 2 aromatic carbocycles. The normalized spacial score (nSPS) is 18.0. The highest BCUT2D eigenvalue weighted by atomic mass is 79.9. The number of aliphatic imine (C=N–C) groups is 1. The molecule has 1 aliphatic heterocycles. The molecule has 0 amide bonds. The Morgan fingerprint density at radius 2 is 1.95 bits per heavy atom. The third kappa shape index (κ3) is 2.85. The molecule has 2 N–H and O–H groups in total. The van der Waals surface area contributed by atoms with Crippen molar-refractivity contribution in [2.75, 3.05) is 11.4 Å². The van der Waals surface area contributed by atoms with Crippen LogP contribution >= 0.6 is 31.9 Å². The summed E-state index contributed by atoms with van der Waals surface area (Å²) in [6.45, 7) is 2.76. The molecule has 3 rings (SSSR count). The number of aryl methyl sites for hydroxylation is 1. The molecule has 1 unspecified atom stereocenters. The summed E-state index contributed by atoms with van der Waals surface area (Å²) in [7, 11) is 0. The Labute approximate surface area is 141 Å². The summed E-state index contributed by atoms with van der Waals surface area (Å²) in [5.74, 6) is 0.574. The van der Waals surface area contributed by atoms with Gasteiger partial charge in [-0.1, -0.05) is 18.2 Å². The highest BCUT2D eigenvalue weighted by molar-refractivity contribution is 9.13. The van der Waals surface area contributed by atoms with Crippen LogP contribution < -0.4 is 10.6 Å². The second-order valence-electron chi connectivity index (χ2n) is 5.10. The maximum absolute atomic E-state index is 6.11. The molecule has 5 heteroatoms. The Kier molecular flexibility index (Phi) is 4.04. The predicted molar refractivity (Wildman–Crippen MR) is 94.7 cm³/mol. The van der Waals surface area contributed by atoms with Crippen molar-refractivity contribution in [1.82, 2.24) is 0 Å². The van der Waals surface area contributed by atoms with Gasteiger partial charge < -0.3 is 10.6 Å². The first-order valence-corrected chi connectivity index (χ1v) is 8.25. The van der Waals surface area contributed by atoms with E-state index in [2.05, 4.69) is 79.0 Å². The predicted octanol–water partition coefficient (Wildman–Crippen LogP) is 4.40. The average Bonchev–Trinajstić information content (AvgIpc) is 2.84. The number of nitrogens with zero attached hydrogens (tertiary/aromatic N) is 2. The summed E-state index contributed by atoms with van der Waals surface area (Å²) in [6, 6.07) is 14.7. The minimum absolute atomic E-state index is 0.135. The molecule has 1 aliphatic rings. The van der Waals surface area contributed by atoms with E-state index < -0.39 is 0 Å². The topological polar surface area (TPSA) is 41.6 Å². The number of anilines is 1. The van der Waals surface area contributed by atoms with Gasteiger partial charge in [0.1, 0.15) is 0 Å². The fourth-order valence-electron chi connectivity index (χ4n) is 2.56. The van der Waals surface area contributed by atoms with Gasteiger partial charge in [0, 0.05) is 14.6 Å². The van der Waals surface area contributed by atoms with Crippen molar-refractivity contribution in [2.45, 2.75) is 13.0 Å².